The molecule has 128 valence electrons. The molecule has 1 unspecified atom stereocenters. The Kier molecular flexibility index (Phi) is 5.19. The monoisotopic (exact) mass is 354 g/mol. The molecular weight excluding hydrogens is 336 g/mol. The van der Waals surface area contributed by atoms with Crippen molar-refractivity contribution in [2.45, 2.75) is 18.9 Å². The van der Waals surface area contributed by atoms with E-state index in [4.69, 9.17) is 11.6 Å². The molecule has 4 nitrogen and oxygen atoms in total. The molecule has 1 aliphatic rings. The lowest BCUT2D eigenvalue weighted by molar-refractivity contribution is -0.111. The summed E-state index contributed by atoms with van der Waals surface area (Å²) in [7, 11) is 0. The Labute approximate surface area is 152 Å². The van der Waals surface area contributed by atoms with E-state index in [0.29, 0.717) is 16.3 Å². The molecule has 1 heterocycles. The molecule has 5 heteroatoms. The predicted molar refractivity (Wildman–Crippen MR) is 99.7 cm³/mol. The zero-order chi connectivity index (χ0) is 17.8. The second-order valence-corrected chi connectivity index (χ2v) is 6.42. The van der Waals surface area contributed by atoms with E-state index in [1.54, 1.807) is 24.3 Å². The molecule has 1 saturated heterocycles. The minimum Gasteiger partial charge on any atom is -0.332 e. The number of hydrogen-bond acceptors (Lipinski definition) is 2. The zero-order valence-corrected chi connectivity index (χ0v) is 14.5. The first-order valence-electron chi connectivity index (χ1n) is 8.18. The maximum Gasteiger partial charge on any atom is 0.254 e. The summed E-state index contributed by atoms with van der Waals surface area (Å²) >= 11 is 5.96. The number of benzene rings is 2. The van der Waals surface area contributed by atoms with Gasteiger partial charge in [0.05, 0.1) is 6.04 Å². The van der Waals surface area contributed by atoms with Gasteiger partial charge in [0.15, 0.2) is 0 Å². The fraction of sp³-hybridized carbons (Fsp3) is 0.200. The van der Waals surface area contributed by atoms with E-state index >= 15 is 0 Å². The molecular formula is C20H19ClN2O2. The number of carbonyl (C=O) groups excluding carboxylic acids is 2. The number of rotatable bonds is 4. The van der Waals surface area contributed by atoms with Gasteiger partial charge in [-0.05, 0) is 60.9 Å². The third-order valence-electron chi connectivity index (χ3n) is 4.35. The van der Waals surface area contributed by atoms with Gasteiger partial charge in [-0.1, -0.05) is 30.3 Å². The Morgan fingerprint density at radius 3 is 2.44 bits per heavy atom. The molecule has 3 rings (SSSR count). The highest BCUT2D eigenvalue weighted by Crippen LogP contribution is 2.33. The van der Waals surface area contributed by atoms with Crippen molar-refractivity contribution >= 4 is 29.1 Å². The highest BCUT2D eigenvalue weighted by atomic mass is 35.5. The molecule has 1 aliphatic heterocycles. The fourth-order valence-electron chi connectivity index (χ4n) is 3.10. The Bertz CT molecular complexity index is 784. The van der Waals surface area contributed by atoms with E-state index in [1.807, 2.05) is 29.2 Å². The molecule has 2 aromatic carbocycles. The number of carbonyl (C=O) groups is 2. The molecule has 0 bridgehead atoms. The van der Waals surface area contributed by atoms with Crippen LogP contribution in [-0.2, 0) is 4.79 Å². The predicted octanol–water partition coefficient (Wildman–Crippen LogP) is 4.44. The topological polar surface area (TPSA) is 49.4 Å². The highest BCUT2D eigenvalue weighted by Gasteiger charge is 2.30. The molecule has 2 amide bonds. The summed E-state index contributed by atoms with van der Waals surface area (Å²) in [5.74, 6) is -0.277. The van der Waals surface area contributed by atoms with Crippen LogP contribution in [0.1, 0.15) is 34.8 Å². The summed E-state index contributed by atoms with van der Waals surface area (Å²) in [4.78, 5) is 26.1. The van der Waals surface area contributed by atoms with Crippen molar-refractivity contribution in [1.29, 1.82) is 0 Å². The van der Waals surface area contributed by atoms with E-state index in [2.05, 4.69) is 11.9 Å². The fourth-order valence-corrected chi connectivity index (χ4v) is 3.22. The molecule has 25 heavy (non-hydrogen) atoms. The number of hydrogen-bond donors (Lipinski definition) is 1. The van der Waals surface area contributed by atoms with Crippen molar-refractivity contribution in [2.75, 3.05) is 11.9 Å². The summed E-state index contributed by atoms with van der Waals surface area (Å²) in [6.45, 7) is 4.15. The first kappa shape index (κ1) is 17.2. The normalized spacial score (nSPS) is 16.5. The van der Waals surface area contributed by atoms with Crippen LogP contribution >= 0.6 is 11.6 Å². The maximum absolute atomic E-state index is 12.9. The van der Waals surface area contributed by atoms with Crippen LogP contribution in [0.25, 0.3) is 0 Å². The van der Waals surface area contributed by atoms with E-state index in [1.165, 1.54) is 6.08 Å². The van der Waals surface area contributed by atoms with Crippen LogP contribution in [0, 0.1) is 0 Å². The van der Waals surface area contributed by atoms with Gasteiger partial charge in [-0.15, -0.1) is 0 Å². The van der Waals surface area contributed by atoms with Gasteiger partial charge in [-0.25, -0.2) is 0 Å². The first-order valence-corrected chi connectivity index (χ1v) is 8.56. The SMILES string of the molecule is C=CC(=O)Nc1ccc(C(=O)N2CCCC2c2ccc(Cl)cc2)cc1. The van der Waals surface area contributed by atoms with Crippen LogP contribution in [-0.4, -0.2) is 23.3 Å². The average Bonchev–Trinajstić information content (AvgIpc) is 3.12. The average molecular weight is 355 g/mol. The van der Waals surface area contributed by atoms with E-state index in [-0.39, 0.29) is 17.9 Å². The minimum atomic E-state index is -0.276. The summed E-state index contributed by atoms with van der Waals surface area (Å²) in [5, 5.41) is 3.36. The molecule has 2 aromatic rings. The lowest BCUT2D eigenvalue weighted by atomic mass is 10.0. The van der Waals surface area contributed by atoms with Gasteiger partial charge < -0.3 is 10.2 Å². The van der Waals surface area contributed by atoms with Crippen LogP contribution in [0.5, 0.6) is 0 Å². The Hall–Kier alpha value is -2.59. The van der Waals surface area contributed by atoms with Gasteiger partial charge in [0, 0.05) is 22.8 Å². The van der Waals surface area contributed by atoms with E-state index in [9.17, 15) is 9.59 Å². The minimum absolute atomic E-state index is 0.000882. The van der Waals surface area contributed by atoms with Crippen LogP contribution < -0.4 is 5.32 Å². The Morgan fingerprint density at radius 2 is 1.80 bits per heavy atom. The number of halogens is 1. The highest BCUT2D eigenvalue weighted by molar-refractivity contribution is 6.30. The van der Waals surface area contributed by atoms with Crippen molar-refractivity contribution in [3.63, 3.8) is 0 Å². The largest absolute Gasteiger partial charge is 0.332 e. The maximum atomic E-state index is 12.9. The Balaban J connectivity index is 1.76. The second kappa shape index (κ2) is 7.53. The number of amides is 2. The number of nitrogens with one attached hydrogen (secondary N) is 1. The molecule has 0 saturated carbocycles. The van der Waals surface area contributed by atoms with Crippen molar-refractivity contribution < 1.29 is 9.59 Å². The zero-order valence-electron chi connectivity index (χ0n) is 13.7. The molecule has 1 N–H and O–H groups in total. The smallest absolute Gasteiger partial charge is 0.254 e. The van der Waals surface area contributed by atoms with Crippen LogP contribution in [0.3, 0.4) is 0 Å². The van der Waals surface area contributed by atoms with Gasteiger partial charge in [0.2, 0.25) is 5.91 Å². The number of nitrogens with zero attached hydrogens (tertiary/aromatic N) is 1. The quantitative estimate of drug-likeness (QED) is 0.825. The molecule has 1 atom stereocenters. The molecule has 1 fully saturated rings. The van der Waals surface area contributed by atoms with Gasteiger partial charge in [-0.3, -0.25) is 9.59 Å². The third-order valence-corrected chi connectivity index (χ3v) is 4.61. The van der Waals surface area contributed by atoms with Gasteiger partial charge >= 0.3 is 0 Å². The van der Waals surface area contributed by atoms with Crippen molar-refractivity contribution in [3.05, 3.63) is 77.3 Å². The van der Waals surface area contributed by atoms with Crippen LogP contribution in [0.4, 0.5) is 5.69 Å². The lowest BCUT2D eigenvalue weighted by Crippen LogP contribution is -2.30. The van der Waals surface area contributed by atoms with Crippen molar-refractivity contribution in [1.82, 2.24) is 4.90 Å². The Morgan fingerprint density at radius 1 is 1.12 bits per heavy atom. The van der Waals surface area contributed by atoms with Crippen molar-refractivity contribution in [3.8, 4) is 0 Å². The third kappa shape index (κ3) is 3.91. The van der Waals surface area contributed by atoms with Crippen LogP contribution in [0.15, 0.2) is 61.2 Å². The van der Waals surface area contributed by atoms with Crippen molar-refractivity contribution in [2.24, 2.45) is 0 Å². The summed E-state index contributed by atoms with van der Waals surface area (Å²) in [6, 6.07) is 14.7. The molecule has 0 aliphatic carbocycles. The lowest BCUT2D eigenvalue weighted by Gasteiger charge is -2.25. The summed E-state index contributed by atoms with van der Waals surface area (Å²) in [6.07, 6.45) is 3.13. The van der Waals surface area contributed by atoms with Gasteiger partial charge in [0.1, 0.15) is 0 Å². The summed E-state index contributed by atoms with van der Waals surface area (Å²) < 4.78 is 0. The molecule has 0 spiro atoms. The van der Waals surface area contributed by atoms with E-state index < -0.39 is 0 Å². The molecule has 0 aromatic heterocycles. The second-order valence-electron chi connectivity index (χ2n) is 5.98. The number of likely N-dealkylation sites (tertiary alicyclic amines) is 1. The number of anilines is 1. The standard InChI is InChI=1S/C20H19ClN2O2/c1-2-19(24)22-17-11-7-15(8-12-17)20(25)23-13-3-4-18(23)14-5-9-16(21)10-6-14/h2,5-12,18H,1,3-4,13H2,(H,22,24). The summed E-state index contributed by atoms with van der Waals surface area (Å²) in [5.41, 5.74) is 2.35. The van der Waals surface area contributed by atoms with E-state index in [0.717, 1.165) is 24.9 Å². The first-order chi connectivity index (χ1) is 12.1. The molecule has 0 radical (unpaired) electrons. The van der Waals surface area contributed by atoms with Gasteiger partial charge in [0.25, 0.3) is 5.91 Å². The van der Waals surface area contributed by atoms with Crippen LogP contribution in [0.2, 0.25) is 5.02 Å². The van der Waals surface area contributed by atoms with Gasteiger partial charge in [-0.2, -0.15) is 0 Å².